The van der Waals surface area contributed by atoms with Gasteiger partial charge in [0, 0.05) is 28.2 Å². The molecule has 29 heavy (non-hydrogen) atoms. The van der Waals surface area contributed by atoms with Crippen LogP contribution < -0.4 is 0 Å². The van der Waals surface area contributed by atoms with Gasteiger partial charge in [-0.05, 0) is 29.8 Å². The lowest BCUT2D eigenvalue weighted by atomic mass is 10.0. The molecule has 3 aromatic carbocycles. The summed E-state index contributed by atoms with van der Waals surface area (Å²) >= 11 is 12.2. The number of fused-ring (bicyclic) bond motifs is 1. The van der Waals surface area contributed by atoms with Gasteiger partial charge in [0.05, 0.1) is 22.7 Å². The molecule has 0 bridgehead atoms. The molecule has 0 radical (unpaired) electrons. The number of halogens is 3. The van der Waals surface area contributed by atoms with Crippen molar-refractivity contribution in [2.75, 3.05) is 6.61 Å². The van der Waals surface area contributed by atoms with Gasteiger partial charge in [0.25, 0.3) is 0 Å². The van der Waals surface area contributed by atoms with E-state index in [0.717, 1.165) is 10.9 Å². The lowest BCUT2D eigenvalue weighted by Crippen LogP contribution is -2.28. The van der Waals surface area contributed by atoms with Gasteiger partial charge >= 0.3 is 0 Å². The minimum Gasteiger partial charge on any atom is -0.394 e. The van der Waals surface area contributed by atoms with Crippen molar-refractivity contribution in [1.29, 1.82) is 0 Å². The van der Waals surface area contributed by atoms with E-state index in [-0.39, 0.29) is 5.82 Å². The van der Waals surface area contributed by atoms with Gasteiger partial charge in [-0.2, -0.15) is 0 Å². The Labute approximate surface area is 177 Å². The molecule has 0 saturated heterocycles. The number of hydrogen-bond donors (Lipinski definition) is 2. The number of rotatable bonds is 5. The molecule has 0 amide bonds. The molecular weight excluding hydrogens is 412 g/mol. The summed E-state index contributed by atoms with van der Waals surface area (Å²) in [5.74, 6) is -0.329. The van der Waals surface area contributed by atoms with Crippen molar-refractivity contribution in [3.05, 3.63) is 94.4 Å². The molecule has 0 unspecified atom stereocenters. The highest BCUT2D eigenvalue weighted by molar-refractivity contribution is 6.42. The molecule has 1 aromatic heterocycles. The first-order valence-electron chi connectivity index (χ1n) is 9.09. The van der Waals surface area contributed by atoms with Crippen molar-refractivity contribution in [2.24, 2.45) is 0 Å². The van der Waals surface area contributed by atoms with Crippen molar-refractivity contribution in [2.45, 2.75) is 12.1 Å². The summed E-state index contributed by atoms with van der Waals surface area (Å²) < 4.78 is 16.4. The lowest BCUT2D eigenvalue weighted by molar-refractivity contribution is 0.0654. The monoisotopic (exact) mass is 429 g/mol. The number of nitrogens with zero attached hydrogens (tertiary/aromatic N) is 1. The van der Waals surface area contributed by atoms with Gasteiger partial charge in [0.15, 0.2) is 0 Å². The lowest BCUT2D eigenvalue weighted by Gasteiger charge is -2.25. The molecule has 2 atom stereocenters. The van der Waals surface area contributed by atoms with E-state index >= 15 is 0 Å². The minimum atomic E-state index is -1.10. The predicted octanol–water partition coefficient (Wildman–Crippen LogP) is 5.70. The first kappa shape index (κ1) is 19.9. The van der Waals surface area contributed by atoms with Gasteiger partial charge in [-0.15, -0.1) is 0 Å². The quantitative estimate of drug-likeness (QED) is 0.427. The number of aliphatic hydroxyl groups is 2. The largest absolute Gasteiger partial charge is 0.394 e. The third-order valence-corrected chi connectivity index (χ3v) is 5.78. The number of hydrogen-bond acceptors (Lipinski definition) is 2. The van der Waals surface area contributed by atoms with Crippen LogP contribution in [0.4, 0.5) is 4.39 Å². The van der Waals surface area contributed by atoms with Crippen LogP contribution in [-0.4, -0.2) is 27.5 Å². The molecule has 3 nitrogen and oxygen atoms in total. The van der Waals surface area contributed by atoms with Crippen molar-refractivity contribution in [3.63, 3.8) is 0 Å². The molecule has 0 spiro atoms. The SMILES string of the molecule is OC[C@@H](O)[C@H](c1ccc(Cl)c(Cl)c1)n1cc(-c2ccccc2F)c2ccccc21. The van der Waals surface area contributed by atoms with E-state index in [2.05, 4.69) is 0 Å². The van der Waals surface area contributed by atoms with Gasteiger partial charge in [0.1, 0.15) is 11.9 Å². The van der Waals surface area contributed by atoms with E-state index in [1.807, 2.05) is 28.8 Å². The van der Waals surface area contributed by atoms with E-state index < -0.39 is 18.8 Å². The van der Waals surface area contributed by atoms with Gasteiger partial charge in [0.2, 0.25) is 0 Å². The highest BCUT2D eigenvalue weighted by atomic mass is 35.5. The molecule has 4 aromatic rings. The molecular formula is C23H18Cl2FNO2. The van der Waals surface area contributed by atoms with Crippen LogP contribution in [0.1, 0.15) is 11.6 Å². The maximum absolute atomic E-state index is 14.5. The summed E-state index contributed by atoms with van der Waals surface area (Å²) in [6, 6.07) is 18.6. The first-order valence-corrected chi connectivity index (χ1v) is 9.85. The summed E-state index contributed by atoms with van der Waals surface area (Å²) in [5.41, 5.74) is 2.65. The van der Waals surface area contributed by atoms with Gasteiger partial charge in [-0.3, -0.25) is 0 Å². The fourth-order valence-corrected chi connectivity index (χ4v) is 4.00. The summed E-state index contributed by atoms with van der Waals surface area (Å²) in [7, 11) is 0. The third-order valence-electron chi connectivity index (χ3n) is 5.04. The van der Waals surface area contributed by atoms with Crippen molar-refractivity contribution in [3.8, 4) is 11.1 Å². The summed E-state index contributed by atoms with van der Waals surface area (Å²) in [6.07, 6.45) is 0.700. The minimum absolute atomic E-state index is 0.329. The standard InChI is InChI=1S/C23H18Cl2FNO2/c24-18-10-9-14(11-19(18)25)23(22(29)13-28)27-12-17(15-5-1-3-7-20(15)26)16-6-2-4-8-21(16)27/h1-12,22-23,28-29H,13H2/t22-,23+/m1/s1. The number of aliphatic hydroxyl groups excluding tert-OH is 2. The molecule has 2 N–H and O–H groups in total. The van der Waals surface area contributed by atoms with E-state index in [0.29, 0.717) is 26.7 Å². The van der Waals surface area contributed by atoms with Crippen LogP contribution in [0.5, 0.6) is 0 Å². The zero-order chi connectivity index (χ0) is 20.5. The molecule has 0 aliphatic carbocycles. The maximum atomic E-state index is 14.5. The Morgan fingerprint density at radius 2 is 1.62 bits per heavy atom. The third kappa shape index (κ3) is 3.65. The Morgan fingerprint density at radius 3 is 2.34 bits per heavy atom. The second kappa shape index (κ2) is 8.17. The Bertz CT molecular complexity index is 1170. The van der Waals surface area contributed by atoms with Gasteiger partial charge < -0.3 is 14.8 Å². The van der Waals surface area contributed by atoms with Crippen LogP contribution in [0.15, 0.2) is 72.9 Å². The smallest absolute Gasteiger partial charge is 0.131 e. The number of benzene rings is 3. The van der Waals surface area contributed by atoms with Crippen LogP contribution in [0.25, 0.3) is 22.0 Å². The summed E-state index contributed by atoms with van der Waals surface area (Å²) in [4.78, 5) is 0. The molecule has 0 saturated carbocycles. The van der Waals surface area contributed by atoms with Gasteiger partial charge in [-0.25, -0.2) is 4.39 Å². The highest BCUT2D eigenvalue weighted by Crippen LogP contribution is 2.37. The van der Waals surface area contributed by atoms with Gasteiger partial charge in [-0.1, -0.05) is 65.7 Å². The normalized spacial score (nSPS) is 13.6. The van der Waals surface area contributed by atoms with Crippen LogP contribution in [0, 0.1) is 5.82 Å². The molecule has 4 rings (SSSR count). The number of para-hydroxylation sites is 1. The van der Waals surface area contributed by atoms with Crippen LogP contribution in [0.3, 0.4) is 0 Å². The second-order valence-corrected chi connectivity index (χ2v) is 7.63. The fourth-order valence-electron chi connectivity index (χ4n) is 3.69. The molecule has 1 heterocycles. The Kier molecular flexibility index (Phi) is 5.61. The maximum Gasteiger partial charge on any atom is 0.131 e. The molecule has 0 fully saturated rings. The Balaban J connectivity index is 1.97. The van der Waals surface area contributed by atoms with E-state index in [4.69, 9.17) is 23.2 Å². The zero-order valence-electron chi connectivity index (χ0n) is 15.3. The van der Waals surface area contributed by atoms with Crippen LogP contribution in [0.2, 0.25) is 10.0 Å². The topological polar surface area (TPSA) is 45.4 Å². The predicted molar refractivity (Wildman–Crippen MR) is 115 cm³/mol. The van der Waals surface area contributed by atoms with Crippen LogP contribution in [-0.2, 0) is 0 Å². The van der Waals surface area contributed by atoms with Crippen molar-refractivity contribution < 1.29 is 14.6 Å². The number of aromatic nitrogens is 1. The highest BCUT2D eigenvalue weighted by Gasteiger charge is 2.26. The summed E-state index contributed by atoms with van der Waals surface area (Å²) in [5, 5.41) is 22.0. The van der Waals surface area contributed by atoms with Crippen LogP contribution >= 0.6 is 23.2 Å². The molecule has 0 aliphatic rings. The van der Waals surface area contributed by atoms with Crippen molar-refractivity contribution >= 4 is 34.1 Å². The van der Waals surface area contributed by atoms with E-state index in [1.54, 1.807) is 42.6 Å². The Morgan fingerprint density at radius 1 is 0.897 bits per heavy atom. The molecule has 0 aliphatic heterocycles. The fraction of sp³-hybridized carbons (Fsp3) is 0.130. The average Bonchev–Trinajstić information content (AvgIpc) is 3.10. The summed E-state index contributed by atoms with van der Waals surface area (Å²) in [6.45, 7) is -0.452. The molecule has 6 heteroatoms. The Hall–Kier alpha value is -2.37. The average molecular weight is 430 g/mol. The van der Waals surface area contributed by atoms with E-state index in [9.17, 15) is 14.6 Å². The molecule has 148 valence electrons. The first-order chi connectivity index (χ1) is 14.0. The van der Waals surface area contributed by atoms with E-state index in [1.165, 1.54) is 6.07 Å². The zero-order valence-corrected chi connectivity index (χ0v) is 16.8. The second-order valence-electron chi connectivity index (χ2n) is 6.82. The van der Waals surface area contributed by atoms with Crippen molar-refractivity contribution in [1.82, 2.24) is 4.57 Å².